The Morgan fingerprint density at radius 3 is 2.62 bits per heavy atom. The van der Waals surface area contributed by atoms with Crippen LogP contribution in [0.5, 0.6) is 5.75 Å². The fourth-order valence-electron chi connectivity index (χ4n) is 3.69. The maximum atomic E-state index is 13.8. The molecule has 1 saturated carbocycles. The predicted octanol–water partition coefficient (Wildman–Crippen LogP) is 1.61. The monoisotopic (exact) mass is 335 g/mol. The molecular formula is C18H26FN3O2. The van der Waals surface area contributed by atoms with E-state index in [4.69, 9.17) is 10.5 Å². The van der Waals surface area contributed by atoms with E-state index in [-0.39, 0.29) is 29.4 Å². The van der Waals surface area contributed by atoms with Crippen LogP contribution in [-0.4, -0.2) is 55.0 Å². The second kappa shape index (κ2) is 7.49. The van der Waals surface area contributed by atoms with E-state index in [0.29, 0.717) is 6.54 Å². The highest BCUT2D eigenvalue weighted by Gasteiger charge is 2.32. The molecule has 6 heteroatoms. The number of nitrogens with two attached hydrogens (primary N) is 1. The lowest BCUT2D eigenvalue weighted by Crippen LogP contribution is -2.49. The Kier molecular flexibility index (Phi) is 5.36. The van der Waals surface area contributed by atoms with Crippen molar-refractivity contribution in [3.05, 3.63) is 29.6 Å². The number of rotatable bonds is 4. The van der Waals surface area contributed by atoms with Crippen molar-refractivity contribution in [2.24, 2.45) is 11.7 Å². The third-order valence-electron chi connectivity index (χ3n) is 5.13. The molecule has 0 aromatic heterocycles. The molecule has 3 rings (SSSR count). The molecule has 0 radical (unpaired) electrons. The summed E-state index contributed by atoms with van der Waals surface area (Å²) in [4.78, 5) is 16.7. The number of hydrogen-bond donors (Lipinski definition) is 1. The molecule has 1 aromatic rings. The first kappa shape index (κ1) is 17.2. The Morgan fingerprint density at radius 2 is 2.04 bits per heavy atom. The van der Waals surface area contributed by atoms with Gasteiger partial charge in [0.2, 0.25) is 5.91 Å². The maximum absolute atomic E-state index is 13.8. The Labute approximate surface area is 142 Å². The Bertz CT molecular complexity index is 588. The highest BCUT2D eigenvalue weighted by Crippen LogP contribution is 2.26. The normalized spacial score (nSPS) is 25.0. The first-order chi connectivity index (χ1) is 11.6. The second-order valence-corrected chi connectivity index (χ2v) is 6.84. The van der Waals surface area contributed by atoms with E-state index >= 15 is 0 Å². The second-order valence-electron chi connectivity index (χ2n) is 6.84. The van der Waals surface area contributed by atoms with Gasteiger partial charge < -0.3 is 15.4 Å². The number of benzene rings is 1. The largest absolute Gasteiger partial charge is 0.494 e. The lowest BCUT2D eigenvalue weighted by Gasteiger charge is -2.36. The van der Waals surface area contributed by atoms with Crippen molar-refractivity contribution in [3.63, 3.8) is 0 Å². The minimum absolute atomic E-state index is 0.113. The molecule has 2 aliphatic rings. The number of carbonyl (C=O) groups is 1. The Hall–Kier alpha value is -1.66. The van der Waals surface area contributed by atoms with Gasteiger partial charge in [0.05, 0.1) is 7.11 Å². The standard InChI is InChI=1S/C18H26FN3O2/c1-24-17-5-2-13(10-16(17)19)12-21-6-8-22(9-7-21)18(23)14-3-4-15(20)11-14/h2,5,10,14-15H,3-4,6-9,11-12,20H2,1H3/t14-,15+/m0/s1. The van der Waals surface area contributed by atoms with Gasteiger partial charge in [0, 0.05) is 44.7 Å². The zero-order chi connectivity index (χ0) is 17.1. The number of ether oxygens (including phenoxy) is 1. The van der Waals surface area contributed by atoms with Crippen LogP contribution in [0, 0.1) is 11.7 Å². The molecule has 0 spiro atoms. The molecule has 1 aliphatic carbocycles. The molecule has 5 nitrogen and oxygen atoms in total. The average Bonchev–Trinajstić information content (AvgIpc) is 3.02. The number of hydrogen-bond acceptors (Lipinski definition) is 4. The smallest absolute Gasteiger partial charge is 0.225 e. The van der Waals surface area contributed by atoms with Gasteiger partial charge in [-0.05, 0) is 37.0 Å². The van der Waals surface area contributed by atoms with E-state index in [1.54, 1.807) is 6.07 Å². The molecule has 1 heterocycles. The van der Waals surface area contributed by atoms with Gasteiger partial charge >= 0.3 is 0 Å². The first-order valence-electron chi connectivity index (χ1n) is 8.66. The molecule has 1 amide bonds. The summed E-state index contributed by atoms with van der Waals surface area (Å²) in [5, 5.41) is 0. The highest BCUT2D eigenvalue weighted by molar-refractivity contribution is 5.79. The van der Waals surface area contributed by atoms with Crippen molar-refractivity contribution in [2.45, 2.75) is 31.8 Å². The van der Waals surface area contributed by atoms with Crippen molar-refractivity contribution in [3.8, 4) is 5.75 Å². The number of nitrogens with zero attached hydrogens (tertiary/aromatic N) is 2. The van der Waals surface area contributed by atoms with Gasteiger partial charge in [-0.2, -0.15) is 0 Å². The molecule has 1 saturated heterocycles. The van der Waals surface area contributed by atoms with Gasteiger partial charge in [0.25, 0.3) is 0 Å². The third kappa shape index (κ3) is 3.87. The van der Waals surface area contributed by atoms with Gasteiger partial charge in [-0.15, -0.1) is 0 Å². The molecule has 2 N–H and O–H groups in total. The van der Waals surface area contributed by atoms with Crippen LogP contribution in [0.25, 0.3) is 0 Å². The zero-order valence-corrected chi connectivity index (χ0v) is 14.2. The average molecular weight is 335 g/mol. The van der Waals surface area contributed by atoms with E-state index in [1.807, 2.05) is 11.0 Å². The van der Waals surface area contributed by atoms with Crippen LogP contribution in [0.15, 0.2) is 18.2 Å². The Balaban J connectivity index is 1.50. The number of amides is 1. The van der Waals surface area contributed by atoms with Crippen LogP contribution < -0.4 is 10.5 Å². The van der Waals surface area contributed by atoms with Crippen LogP contribution in [-0.2, 0) is 11.3 Å². The molecule has 132 valence electrons. The maximum Gasteiger partial charge on any atom is 0.225 e. The van der Waals surface area contributed by atoms with Crippen LogP contribution >= 0.6 is 0 Å². The minimum Gasteiger partial charge on any atom is -0.494 e. The molecule has 2 atom stereocenters. The SMILES string of the molecule is COc1ccc(CN2CCN(C(=O)[C@H]3CC[C@@H](N)C3)CC2)cc1F. The van der Waals surface area contributed by atoms with Gasteiger partial charge in [0.15, 0.2) is 11.6 Å². The topological polar surface area (TPSA) is 58.8 Å². The summed E-state index contributed by atoms with van der Waals surface area (Å²) in [6, 6.07) is 5.26. The van der Waals surface area contributed by atoms with Gasteiger partial charge in [-0.25, -0.2) is 4.39 Å². The van der Waals surface area contributed by atoms with Crippen LogP contribution in [0.4, 0.5) is 4.39 Å². The number of carbonyl (C=O) groups excluding carboxylic acids is 1. The number of piperazine rings is 1. The summed E-state index contributed by atoms with van der Waals surface area (Å²) < 4.78 is 18.7. The van der Waals surface area contributed by atoms with Crippen molar-refractivity contribution in [2.75, 3.05) is 33.3 Å². The van der Waals surface area contributed by atoms with Gasteiger partial charge in [-0.3, -0.25) is 9.69 Å². The van der Waals surface area contributed by atoms with Crippen molar-refractivity contribution in [1.29, 1.82) is 0 Å². The summed E-state index contributed by atoms with van der Waals surface area (Å²) in [6.07, 6.45) is 2.70. The van der Waals surface area contributed by atoms with Crippen molar-refractivity contribution >= 4 is 5.91 Å². The molecule has 1 aliphatic heterocycles. The lowest BCUT2D eigenvalue weighted by atomic mass is 10.1. The summed E-state index contributed by atoms with van der Waals surface area (Å²) in [7, 11) is 1.46. The van der Waals surface area contributed by atoms with Gasteiger partial charge in [-0.1, -0.05) is 6.07 Å². The van der Waals surface area contributed by atoms with E-state index in [2.05, 4.69) is 4.90 Å². The van der Waals surface area contributed by atoms with E-state index in [1.165, 1.54) is 13.2 Å². The Morgan fingerprint density at radius 1 is 1.29 bits per heavy atom. The molecule has 24 heavy (non-hydrogen) atoms. The fraction of sp³-hybridized carbons (Fsp3) is 0.611. The van der Waals surface area contributed by atoms with Crippen molar-refractivity contribution < 1.29 is 13.9 Å². The molecule has 0 unspecified atom stereocenters. The zero-order valence-electron chi connectivity index (χ0n) is 14.2. The summed E-state index contributed by atoms with van der Waals surface area (Å²) in [6.45, 7) is 3.81. The molecular weight excluding hydrogens is 309 g/mol. The van der Waals surface area contributed by atoms with Crippen LogP contribution in [0.2, 0.25) is 0 Å². The van der Waals surface area contributed by atoms with Crippen LogP contribution in [0.1, 0.15) is 24.8 Å². The summed E-state index contributed by atoms with van der Waals surface area (Å²) in [5.74, 6) is 0.311. The number of halogens is 1. The number of methoxy groups -OCH3 is 1. The van der Waals surface area contributed by atoms with Gasteiger partial charge in [0.1, 0.15) is 0 Å². The summed E-state index contributed by atoms with van der Waals surface area (Å²) in [5.41, 5.74) is 6.84. The van der Waals surface area contributed by atoms with E-state index < -0.39 is 0 Å². The van der Waals surface area contributed by atoms with E-state index in [0.717, 1.165) is 51.0 Å². The summed E-state index contributed by atoms with van der Waals surface area (Å²) >= 11 is 0. The van der Waals surface area contributed by atoms with Crippen molar-refractivity contribution in [1.82, 2.24) is 9.80 Å². The molecule has 0 bridgehead atoms. The molecule has 2 fully saturated rings. The molecule has 1 aromatic carbocycles. The first-order valence-corrected chi connectivity index (χ1v) is 8.66. The highest BCUT2D eigenvalue weighted by atomic mass is 19.1. The predicted molar refractivity (Wildman–Crippen MR) is 90.1 cm³/mol. The lowest BCUT2D eigenvalue weighted by molar-refractivity contribution is -0.137. The third-order valence-corrected chi connectivity index (χ3v) is 5.13. The van der Waals surface area contributed by atoms with Crippen LogP contribution in [0.3, 0.4) is 0 Å². The fourth-order valence-corrected chi connectivity index (χ4v) is 3.69. The quantitative estimate of drug-likeness (QED) is 0.908. The minimum atomic E-state index is -0.332. The van der Waals surface area contributed by atoms with E-state index in [9.17, 15) is 9.18 Å².